The van der Waals surface area contributed by atoms with E-state index in [9.17, 15) is 0 Å². The third-order valence-electron chi connectivity index (χ3n) is 3.08. The molecule has 0 atom stereocenters. The van der Waals surface area contributed by atoms with E-state index in [1.54, 1.807) is 0 Å². The molecule has 0 N–H and O–H groups in total. The molecule has 120 valence electrons. The fourth-order valence-electron chi connectivity index (χ4n) is 1.88. The molecule has 0 aromatic rings. The SMILES string of the molecule is CC/C=C\C/C=C\C/C=C\C/C=C\CCCCCSCC. The molecule has 0 nitrogen and oxygen atoms in total. The minimum absolute atomic E-state index is 1.06. The van der Waals surface area contributed by atoms with Gasteiger partial charge < -0.3 is 0 Å². The van der Waals surface area contributed by atoms with Crippen LogP contribution in [-0.4, -0.2) is 11.5 Å². The van der Waals surface area contributed by atoms with Gasteiger partial charge in [0.05, 0.1) is 0 Å². The zero-order valence-corrected chi connectivity index (χ0v) is 14.9. The second-order valence-corrected chi connectivity index (χ2v) is 6.44. The Kier molecular flexibility index (Phi) is 18.7. The van der Waals surface area contributed by atoms with Crippen LogP contribution in [0.5, 0.6) is 0 Å². The van der Waals surface area contributed by atoms with Crippen LogP contribution in [0.25, 0.3) is 0 Å². The van der Waals surface area contributed by atoms with Crippen LogP contribution in [0.4, 0.5) is 0 Å². The third kappa shape index (κ3) is 19.3. The number of thioether (sulfide) groups is 1. The van der Waals surface area contributed by atoms with Gasteiger partial charge in [0, 0.05) is 0 Å². The van der Waals surface area contributed by atoms with Crippen molar-refractivity contribution in [2.24, 2.45) is 0 Å². The number of hydrogen-bond acceptors (Lipinski definition) is 1. The Morgan fingerprint density at radius 1 is 0.619 bits per heavy atom. The van der Waals surface area contributed by atoms with Gasteiger partial charge in [0.15, 0.2) is 0 Å². The van der Waals surface area contributed by atoms with Gasteiger partial charge in [-0.15, -0.1) is 0 Å². The van der Waals surface area contributed by atoms with Crippen molar-refractivity contribution >= 4 is 11.8 Å². The standard InChI is InChI=1S/C20H34S/c1-3-5-6-7-8-9-10-11-12-13-14-15-16-17-18-19-20-21-4-2/h5-6,8-9,11-12,14-15H,3-4,7,10,13,16-20H2,1-2H3/b6-5-,9-8-,12-11-,15-14-. The molecule has 0 saturated heterocycles. The summed E-state index contributed by atoms with van der Waals surface area (Å²) >= 11 is 2.06. The molecule has 0 rings (SSSR count). The van der Waals surface area contributed by atoms with Gasteiger partial charge in [0.2, 0.25) is 0 Å². The topological polar surface area (TPSA) is 0 Å². The molecular weight excluding hydrogens is 272 g/mol. The van der Waals surface area contributed by atoms with E-state index in [0.29, 0.717) is 0 Å². The molecule has 0 radical (unpaired) electrons. The summed E-state index contributed by atoms with van der Waals surface area (Å²) in [4.78, 5) is 0. The van der Waals surface area contributed by atoms with E-state index in [0.717, 1.165) is 25.7 Å². The van der Waals surface area contributed by atoms with Gasteiger partial charge in [0.1, 0.15) is 0 Å². The maximum absolute atomic E-state index is 2.34. The number of unbranched alkanes of at least 4 members (excludes halogenated alkanes) is 3. The maximum atomic E-state index is 2.34. The minimum Gasteiger partial charge on any atom is -0.162 e. The average Bonchev–Trinajstić information content (AvgIpc) is 2.50. The summed E-state index contributed by atoms with van der Waals surface area (Å²) in [5.41, 5.74) is 0. The zero-order valence-electron chi connectivity index (χ0n) is 14.1. The van der Waals surface area contributed by atoms with Crippen LogP contribution in [0.2, 0.25) is 0 Å². The lowest BCUT2D eigenvalue weighted by molar-refractivity contribution is 0.734. The van der Waals surface area contributed by atoms with Crippen LogP contribution >= 0.6 is 11.8 Å². The van der Waals surface area contributed by atoms with Crippen molar-refractivity contribution in [3.05, 3.63) is 48.6 Å². The highest BCUT2D eigenvalue weighted by molar-refractivity contribution is 7.99. The lowest BCUT2D eigenvalue weighted by Gasteiger charge is -1.97. The molecule has 0 bridgehead atoms. The highest BCUT2D eigenvalue weighted by atomic mass is 32.2. The zero-order chi connectivity index (χ0) is 15.4. The Balaban J connectivity index is 3.30. The summed E-state index contributed by atoms with van der Waals surface area (Å²) in [6.45, 7) is 4.40. The average molecular weight is 307 g/mol. The van der Waals surface area contributed by atoms with Gasteiger partial charge in [-0.2, -0.15) is 11.8 Å². The first-order valence-electron chi connectivity index (χ1n) is 8.59. The highest BCUT2D eigenvalue weighted by Gasteiger charge is 1.87. The molecule has 0 aromatic carbocycles. The van der Waals surface area contributed by atoms with Gasteiger partial charge in [-0.25, -0.2) is 0 Å². The molecule has 0 aliphatic carbocycles. The van der Waals surface area contributed by atoms with Gasteiger partial charge in [0.25, 0.3) is 0 Å². The molecule has 0 unspecified atom stereocenters. The summed E-state index contributed by atoms with van der Waals surface area (Å²) in [6.07, 6.45) is 27.8. The Bertz CT molecular complexity index is 297. The number of allylic oxidation sites excluding steroid dienone is 8. The lowest BCUT2D eigenvalue weighted by atomic mass is 10.2. The lowest BCUT2D eigenvalue weighted by Crippen LogP contribution is -1.81. The normalized spacial score (nSPS) is 12.7. The van der Waals surface area contributed by atoms with Crippen molar-refractivity contribution in [1.29, 1.82) is 0 Å². The first-order chi connectivity index (χ1) is 10.4. The molecule has 0 heterocycles. The van der Waals surface area contributed by atoms with E-state index in [1.807, 2.05) is 0 Å². The summed E-state index contributed by atoms with van der Waals surface area (Å²) in [6, 6.07) is 0. The van der Waals surface area contributed by atoms with E-state index in [2.05, 4.69) is 74.2 Å². The van der Waals surface area contributed by atoms with Crippen LogP contribution in [0, 0.1) is 0 Å². The van der Waals surface area contributed by atoms with Gasteiger partial charge in [-0.1, -0.05) is 68.9 Å². The van der Waals surface area contributed by atoms with Crippen molar-refractivity contribution in [3.63, 3.8) is 0 Å². The molecule has 0 saturated carbocycles. The second-order valence-electron chi connectivity index (χ2n) is 5.05. The second kappa shape index (κ2) is 19.3. The molecule has 0 aromatic heterocycles. The van der Waals surface area contributed by atoms with Crippen LogP contribution in [0.1, 0.15) is 65.2 Å². The summed E-state index contributed by atoms with van der Waals surface area (Å²) in [7, 11) is 0. The minimum atomic E-state index is 1.06. The third-order valence-corrected chi connectivity index (χ3v) is 4.07. The van der Waals surface area contributed by atoms with Crippen LogP contribution < -0.4 is 0 Å². The molecular formula is C20H34S. The first kappa shape index (κ1) is 20.3. The predicted octanol–water partition coefficient (Wildman–Crippen LogP) is 7.11. The quantitative estimate of drug-likeness (QED) is 0.243. The van der Waals surface area contributed by atoms with Crippen LogP contribution in [0.15, 0.2) is 48.6 Å². The summed E-state index contributed by atoms with van der Waals surface area (Å²) in [5, 5.41) is 0. The van der Waals surface area contributed by atoms with E-state index in [-0.39, 0.29) is 0 Å². The molecule has 21 heavy (non-hydrogen) atoms. The van der Waals surface area contributed by atoms with E-state index >= 15 is 0 Å². The molecule has 0 spiro atoms. The largest absolute Gasteiger partial charge is 0.162 e. The molecule has 0 fully saturated rings. The fraction of sp³-hybridized carbons (Fsp3) is 0.600. The van der Waals surface area contributed by atoms with Crippen LogP contribution in [0.3, 0.4) is 0 Å². The summed E-state index contributed by atoms with van der Waals surface area (Å²) in [5.74, 6) is 2.60. The monoisotopic (exact) mass is 306 g/mol. The molecule has 0 aliphatic rings. The predicted molar refractivity (Wildman–Crippen MR) is 102 cm³/mol. The van der Waals surface area contributed by atoms with Gasteiger partial charge >= 0.3 is 0 Å². The van der Waals surface area contributed by atoms with Gasteiger partial charge in [-0.3, -0.25) is 0 Å². The smallest absolute Gasteiger partial charge is 0.00676 e. The van der Waals surface area contributed by atoms with E-state index in [4.69, 9.17) is 0 Å². The molecule has 0 amide bonds. The van der Waals surface area contributed by atoms with E-state index in [1.165, 1.54) is 37.2 Å². The number of rotatable bonds is 14. The Morgan fingerprint density at radius 3 is 1.76 bits per heavy atom. The highest BCUT2D eigenvalue weighted by Crippen LogP contribution is 2.07. The van der Waals surface area contributed by atoms with E-state index < -0.39 is 0 Å². The summed E-state index contributed by atoms with van der Waals surface area (Å²) < 4.78 is 0. The maximum Gasteiger partial charge on any atom is -0.00676 e. The number of hydrogen-bond donors (Lipinski definition) is 0. The van der Waals surface area contributed by atoms with Crippen molar-refractivity contribution in [2.45, 2.75) is 65.2 Å². The Hall–Kier alpha value is -0.690. The fourth-order valence-corrected chi connectivity index (χ4v) is 2.58. The van der Waals surface area contributed by atoms with Crippen LogP contribution in [-0.2, 0) is 0 Å². The Labute approximate surface area is 137 Å². The Morgan fingerprint density at radius 2 is 1.19 bits per heavy atom. The van der Waals surface area contributed by atoms with Crippen molar-refractivity contribution in [1.82, 2.24) is 0 Å². The van der Waals surface area contributed by atoms with Gasteiger partial charge in [-0.05, 0) is 56.5 Å². The van der Waals surface area contributed by atoms with Crippen molar-refractivity contribution < 1.29 is 0 Å². The molecule has 0 aliphatic heterocycles. The van der Waals surface area contributed by atoms with Crippen molar-refractivity contribution in [2.75, 3.05) is 11.5 Å². The van der Waals surface area contributed by atoms with Crippen molar-refractivity contribution in [3.8, 4) is 0 Å². The first-order valence-corrected chi connectivity index (χ1v) is 9.75. The molecule has 1 heteroatoms.